The van der Waals surface area contributed by atoms with E-state index in [2.05, 4.69) is 24.2 Å². The molecule has 2 atom stereocenters. The first kappa shape index (κ1) is 40.9. The van der Waals surface area contributed by atoms with Crippen LogP contribution in [0.3, 0.4) is 0 Å². The summed E-state index contributed by atoms with van der Waals surface area (Å²) in [4.78, 5) is 27.3. The summed E-state index contributed by atoms with van der Waals surface area (Å²) in [6, 6.07) is 2.74. The SMILES string of the molecule is CS(=O)(=O)NCc1csc2c1S(=O)(=O)N=C(C(C(=O)O)N(Cc1csc3c1S(=O)(=O)N=C(C1=C(O)CC(C4CC4)N(Cc4ccc(F)cc4)C1=O)N3)S(C)(=O)=O)N2. The fourth-order valence-corrected chi connectivity index (χ4v) is 13.3. The minimum atomic E-state index is -4.79. The van der Waals surface area contributed by atoms with E-state index in [4.69, 9.17) is 0 Å². The van der Waals surface area contributed by atoms with E-state index in [1.165, 1.54) is 39.9 Å². The smallest absolute Gasteiger partial charge is 0.329 e. The van der Waals surface area contributed by atoms with Gasteiger partial charge in [0.25, 0.3) is 26.0 Å². The number of thiophene rings is 2. The van der Waals surface area contributed by atoms with Crippen LogP contribution in [0.5, 0.6) is 0 Å². The molecule has 0 saturated heterocycles. The van der Waals surface area contributed by atoms with Gasteiger partial charge in [0.1, 0.15) is 36.9 Å². The van der Waals surface area contributed by atoms with Crippen molar-refractivity contribution >= 4 is 96.3 Å². The molecule has 0 radical (unpaired) electrons. The molecule has 1 aromatic carbocycles. The lowest BCUT2D eigenvalue weighted by atomic mass is 9.95. The number of nitrogens with one attached hydrogen (secondary N) is 3. The van der Waals surface area contributed by atoms with E-state index in [1.807, 2.05) is 0 Å². The number of sulfonamides is 4. The number of benzene rings is 1. The maximum absolute atomic E-state index is 14.0. The van der Waals surface area contributed by atoms with Gasteiger partial charge < -0.3 is 25.7 Å². The average molecular weight is 906 g/mol. The highest BCUT2D eigenvalue weighted by Crippen LogP contribution is 2.44. The van der Waals surface area contributed by atoms with Crippen LogP contribution in [0.4, 0.5) is 14.4 Å². The predicted octanol–water partition coefficient (Wildman–Crippen LogP) is 1.96. The lowest BCUT2D eigenvalue weighted by Gasteiger charge is -2.37. The summed E-state index contributed by atoms with van der Waals surface area (Å²) >= 11 is 1.53. The normalized spacial score (nSPS) is 20.9. The number of nitrogens with zero attached hydrogens (tertiary/aromatic N) is 4. The van der Waals surface area contributed by atoms with Crippen LogP contribution in [-0.2, 0) is 69.3 Å². The number of carboxylic acids is 1. The highest BCUT2D eigenvalue weighted by atomic mass is 32.2. The lowest BCUT2D eigenvalue weighted by molar-refractivity contribution is -0.139. The summed E-state index contributed by atoms with van der Waals surface area (Å²) in [6.07, 6.45) is 3.10. The second kappa shape index (κ2) is 14.5. The molecule has 19 nitrogen and oxygen atoms in total. The van der Waals surface area contributed by atoms with Crippen molar-refractivity contribution in [3.8, 4) is 0 Å². The number of amidine groups is 2. The van der Waals surface area contributed by atoms with Gasteiger partial charge in [-0.05, 0) is 47.2 Å². The number of carbonyl (C=O) groups excluding carboxylic acids is 1. The van der Waals surface area contributed by atoms with Crippen LogP contribution in [0.25, 0.3) is 0 Å². The Morgan fingerprint density at radius 2 is 1.60 bits per heavy atom. The largest absolute Gasteiger partial charge is 0.511 e. The van der Waals surface area contributed by atoms with Gasteiger partial charge in [-0.15, -0.1) is 31.5 Å². The Morgan fingerprint density at radius 3 is 2.19 bits per heavy atom. The molecule has 3 aliphatic heterocycles. The van der Waals surface area contributed by atoms with Crippen molar-refractivity contribution in [3.05, 3.63) is 68.9 Å². The van der Waals surface area contributed by atoms with Crippen molar-refractivity contribution in [2.24, 2.45) is 14.7 Å². The van der Waals surface area contributed by atoms with Crippen LogP contribution in [0.15, 0.2) is 64.9 Å². The monoisotopic (exact) mass is 905 g/mol. The number of anilines is 2. The van der Waals surface area contributed by atoms with Crippen LogP contribution in [0.2, 0.25) is 0 Å². The van der Waals surface area contributed by atoms with E-state index < -0.39 is 116 Å². The summed E-state index contributed by atoms with van der Waals surface area (Å²) in [5, 5.41) is 29.0. The number of aliphatic hydroxyl groups is 1. The highest BCUT2D eigenvalue weighted by molar-refractivity contribution is 7.91. The Bertz CT molecular complexity index is 2760. The molecular formula is C31H32FN7O12S6. The van der Waals surface area contributed by atoms with Crippen molar-refractivity contribution in [1.82, 2.24) is 13.9 Å². The van der Waals surface area contributed by atoms with Crippen molar-refractivity contribution in [1.29, 1.82) is 0 Å². The summed E-state index contributed by atoms with van der Waals surface area (Å²) in [7, 11) is -17.9. The molecule has 7 rings (SSSR count). The molecule has 306 valence electrons. The molecule has 1 fully saturated rings. The first-order chi connectivity index (χ1) is 26.5. The number of aliphatic hydroxyl groups excluding tert-OH is 1. The zero-order valence-electron chi connectivity index (χ0n) is 29.5. The lowest BCUT2D eigenvalue weighted by Crippen LogP contribution is -2.52. The molecule has 0 spiro atoms. The van der Waals surface area contributed by atoms with Gasteiger partial charge in [0.15, 0.2) is 17.7 Å². The van der Waals surface area contributed by atoms with Gasteiger partial charge in [0, 0.05) is 43.2 Å². The van der Waals surface area contributed by atoms with Crippen molar-refractivity contribution in [2.45, 2.75) is 60.8 Å². The minimum Gasteiger partial charge on any atom is -0.511 e. The topological polar surface area (TPSA) is 278 Å². The molecule has 26 heteroatoms. The quantitative estimate of drug-likeness (QED) is 0.164. The predicted molar refractivity (Wildman–Crippen MR) is 206 cm³/mol. The van der Waals surface area contributed by atoms with Crippen molar-refractivity contribution in [2.75, 3.05) is 23.1 Å². The number of hydrogen-bond acceptors (Lipinski definition) is 15. The Labute approximate surface area is 333 Å². The van der Waals surface area contributed by atoms with Gasteiger partial charge in [0.05, 0.1) is 12.5 Å². The Balaban J connectivity index is 1.19. The van der Waals surface area contributed by atoms with Gasteiger partial charge in [0.2, 0.25) is 20.0 Å². The number of carbonyl (C=O) groups is 2. The summed E-state index contributed by atoms with van der Waals surface area (Å²) in [5.41, 5.74) is -0.0794. The van der Waals surface area contributed by atoms with Crippen molar-refractivity contribution in [3.63, 3.8) is 0 Å². The average Bonchev–Trinajstić information content (AvgIpc) is 3.71. The maximum atomic E-state index is 14.0. The zero-order valence-corrected chi connectivity index (χ0v) is 34.4. The number of carboxylic acid groups (broad SMARTS) is 1. The molecule has 0 bridgehead atoms. The molecule has 2 aromatic heterocycles. The first-order valence-corrected chi connectivity index (χ1v) is 25.0. The third-order valence-electron chi connectivity index (χ3n) is 9.35. The molecule has 1 saturated carbocycles. The second-order valence-corrected chi connectivity index (χ2v) is 22.2. The maximum Gasteiger partial charge on any atom is 0.329 e. The molecule has 2 unspecified atom stereocenters. The zero-order chi connectivity index (χ0) is 41.4. The minimum absolute atomic E-state index is 0.00438. The Morgan fingerprint density at radius 1 is 1.00 bits per heavy atom. The van der Waals surface area contributed by atoms with Gasteiger partial charge >= 0.3 is 5.97 Å². The summed E-state index contributed by atoms with van der Waals surface area (Å²) in [5.74, 6) is -4.73. The van der Waals surface area contributed by atoms with Gasteiger partial charge in [-0.2, -0.15) is 21.1 Å². The molecular weight excluding hydrogens is 874 g/mol. The standard InChI is InChI=1S/C31H32FN7O12S6/c1-54(44,45)33-10-17-13-52-28-24(17)56(48,49)37-27(35-28)23(31(42)43)39(55(2,46)47)12-18-14-53-29-25(18)57(50,51)36-26(34-29)22-21(40)9-20(16-5-6-16)38(30(22)41)11-15-3-7-19(32)8-4-15/h3-4,7-8,13-14,16,20,23,33,40H,5-6,9-12H2,1-2H3,(H,34,36)(H,35,37)(H,42,43). The third kappa shape index (κ3) is 8.21. The molecule has 5 heterocycles. The number of aliphatic carboxylic acids is 1. The van der Waals surface area contributed by atoms with Crippen LogP contribution < -0.4 is 15.4 Å². The van der Waals surface area contributed by atoms with Crippen LogP contribution in [0, 0.1) is 11.7 Å². The Hall–Kier alpha value is -4.31. The van der Waals surface area contributed by atoms with Crippen molar-refractivity contribution < 1.29 is 57.9 Å². The van der Waals surface area contributed by atoms with Crippen LogP contribution in [-0.4, -0.2) is 101 Å². The number of hydrogen-bond donors (Lipinski definition) is 5. The molecule has 4 aliphatic rings. The molecule has 5 N–H and O–H groups in total. The first-order valence-electron chi connectivity index (χ1n) is 16.6. The van der Waals surface area contributed by atoms with E-state index in [9.17, 15) is 57.9 Å². The third-order valence-corrected chi connectivity index (χ3v) is 16.2. The molecule has 1 aliphatic carbocycles. The van der Waals surface area contributed by atoms with E-state index in [-0.39, 0.29) is 40.0 Å². The molecule has 57 heavy (non-hydrogen) atoms. The van der Waals surface area contributed by atoms with Crippen LogP contribution >= 0.6 is 22.7 Å². The second-order valence-electron chi connectivity index (χ2n) is 13.6. The molecule has 1 amide bonds. The number of halogens is 1. The number of amides is 1. The Kier molecular flexibility index (Phi) is 10.4. The summed E-state index contributed by atoms with van der Waals surface area (Å²) < 4.78 is 128. The fourth-order valence-electron chi connectivity index (χ4n) is 6.67. The van der Waals surface area contributed by atoms with E-state index in [1.54, 1.807) is 0 Å². The van der Waals surface area contributed by atoms with Crippen LogP contribution in [0.1, 0.15) is 36.0 Å². The van der Waals surface area contributed by atoms with Gasteiger partial charge in [-0.25, -0.2) is 30.7 Å². The number of fused-ring (bicyclic) bond motifs is 2. The molecule has 3 aromatic rings. The van der Waals surface area contributed by atoms with E-state index >= 15 is 0 Å². The van der Waals surface area contributed by atoms with E-state index in [0.29, 0.717) is 16.1 Å². The fraction of sp³-hybridized carbons (Fsp3) is 0.355. The van der Waals surface area contributed by atoms with Gasteiger partial charge in [-0.3, -0.25) is 4.79 Å². The van der Waals surface area contributed by atoms with Gasteiger partial charge in [-0.1, -0.05) is 12.1 Å². The number of rotatable bonds is 13. The highest BCUT2D eigenvalue weighted by Gasteiger charge is 2.47. The van der Waals surface area contributed by atoms with E-state index in [0.717, 1.165) is 41.8 Å². The summed E-state index contributed by atoms with van der Waals surface area (Å²) in [6.45, 7) is -1.34.